The first-order valence-electron chi connectivity index (χ1n) is 5.71. The van der Waals surface area contributed by atoms with Gasteiger partial charge in [-0.2, -0.15) is 0 Å². The maximum atomic E-state index is 12.3. The largest absolute Gasteiger partial charge is 0.496 e. The van der Waals surface area contributed by atoms with Gasteiger partial charge < -0.3 is 15.8 Å². The molecule has 20 heavy (non-hydrogen) atoms. The molecule has 1 amide bonds. The minimum atomic E-state index is -0.256. The average molecular weight is 400 g/mol. The molecule has 2 aromatic carbocycles. The third-order valence-corrected chi connectivity index (χ3v) is 3.80. The van der Waals surface area contributed by atoms with Crippen molar-refractivity contribution in [2.45, 2.75) is 0 Å². The fraction of sp³-hybridized carbons (Fsp3) is 0.0714. The molecule has 0 saturated heterocycles. The molecule has 0 heterocycles. The summed E-state index contributed by atoms with van der Waals surface area (Å²) >= 11 is 6.70. The zero-order chi connectivity index (χ0) is 14.7. The van der Waals surface area contributed by atoms with E-state index in [-0.39, 0.29) is 5.91 Å². The smallest absolute Gasteiger partial charge is 0.259 e. The van der Waals surface area contributed by atoms with Crippen LogP contribution in [0.15, 0.2) is 45.3 Å². The fourth-order valence-corrected chi connectivity index (χ4v) is 2.54. The molecule has 0 spiro atoms. The number of hydrogen-bond donors (Lipinski definition) is 2. The molecule has 0 radical (unpaired) electrons. The molecule has 0 aromatic heterocycles. The molecule has 0 atom stereocenters. The number of amides is 1. The topological polar surface area (TPSA) is 64.3 Å². The molecule has 0 unspecified atom stereocenters. The number of nitrogens with one attached hydrogen (secondary N) is 1. The lowest BCUT2D eigenvalue weighted by atomic mass is 10.2. The van der Waals surface area contributed by atoms with Gasteiger partial charge >= 0.3 is 0 Å². The Morgan fingerprint density at radius 3 is 2.60 bits per heavy atom. The lowest BCUT2D eigenvalue weighted by Crippen LogP contribution is -2.13. The second-order valence-electron chi connectivity index (χ2n) is 4.04. The predicted molar refractivity (Wildman–Crippen MR) is 87.2 cm³/mol. The van der Waals surface area contributed by atoms with Gasteiger partial charge in [-0.05, 0) is 52.3 Å². The SMILES string of the molecule is COc1ccc(Br)cc1C(=O)Nc1ccc(N)cc1Br. The number of carbonyl (C=O) groups is 1. The van der Waals surface area contributed by atoms with Gasteiger partial charge in [-0.3, -0.25) is 4.79 Å². The molecule has 0 aliphatic rings. The van der Waals surface area contributed by atoms with Crippen molar-refractivity contribution in [1.29, 1.82) is 0 Å². The van der Waals surface area contributed by atoms with Crippen LogP contribution in [0, 0.1) is 0 Å². The van der Waals surface area contributed by atoms with Crippen LogP contribution in [0.25, 0.3) is 0 Å². The maximum absolute atomic E-state index is 12.3. The molecular formula is C14H12Br2N2O2. The number of benzene rings is 2. The van der Waals surface area contributed by atoms with Crippen LogP contribution in [0.2, 0.25) is 0 Å². The maximum Gasteiger partial charge on any atom is 0.259 e. The van der Waals surface area contributed by atoms with Crippen LogP contribution in [0.3, 0.4) is 0 Å². The van der Waals surface area contributed by atoms with Crippen molar-refractivity contribution in [2.24, 2.45) is 0 Å². The standard InChI is InChI=1S/C14H12Br2N2O2/c1-20-13-5-2-8(15)6-10(13)14(19)18-12-4-3-9(17)7-11(12)16/h2-7H,17H2,1H3,(H,18,19). The van der Waals surface area contributed by atoms with Crippen LogP contribution in [0.1, 0.15) is 10.4 Å². The van der Waals surface area contributed by atoms with E-state index in [0.717, 1.165) is 8.95 Å². The highest BCUT2D eigenvalue weighted by atomic mass is 79.9. The first kappa shape index (κ1) is 14.9. The Morgan fingerprint density at radius 2 is 1.95 bits per heavy atom. The van der Waals surface area contributed by atoms with E-state index < -0.39 is 0 Å². The van der Waals surface area contributed by atoms with Gasteiger partial charge in [0.2, 0.25) is 0 Å². The van der Waals surface area contributed by atoms with Crippen molar-refractivity contribution in [2.75, 3.05) is 18.2 Å². The van der Waals surface area contributed by atoms with Crippen LogP contribution in [0.4, 0.5) is 11.4 Å². The van der Waals surface area contributed by atoms with Crippen molar-refractivity contribution in [3.05, 3.63) is 50.9 Å². The first-order chi connectivity index (χ1) is 9.51. The Kier molecular flexibility index (Phi) is 4.67. The summed E-state index contributed by atoms with van der Waals surface area (Å²) in [4.78, 5) is 12.3. The molecule has 0 fully saturated rings. The number of nitrogens with two attached hydrogens (primary N) is 1. The molecule has 0 aliphatic heterocycles. The summed E-state index contributed by atoms with van der Waals surface area (Å²) < 4.78 is 6.72. The Labute approximate surface area is 133 Å². The summed E-state index contributed by atoms with van der Waals surface area (Å²) in [6, 6.07) is 10.4. The van der Waals surface area contributed by atoms with Crippen LogP contribution >= 0.6 is 31.9 Å². The van der Waals surface area contributed by atoms with Gasteiger partial charge in [0, 0.05) is 14.6 Å². The van der Waals surface area contributed by atoms with Gasteiger partial charge in [-0.25, -0.2) is 0 Å². The molecule has 4 nitrogen and oxygen atoms in total. The second-order valence-corrected chi connectivity index (χ2v) is 5.81. The number of nitrogen functional groups attached to an aromatic ring is 1. The molecule has 2 rings (SSSR count). The van der Waals surface area contributed by atoms with Gasteiger partial charge in [0.15, 0.2) is 0 Å². The lowest BCUT2D eigenvalue weighted by molar-refractivity contribution is 0.102. The van der Waals surface area contributed by atoms with Crippen LogP contribution in [-0.2, 0) is 0 Å². The van der Waals surface area contributed by atoms with Crippen LogP contribution < -0.4 is 15.8 Å². The molecule has 6 heteroatoms. The summed E-state index contributed by atoms with van der Waals surface area (Å²) in [6.45, 7) is 0. The van der Waals surface area contributed by atoms with Gasteiger partial charge in [0.05, 0.1) is 18.4 Å². The lowest BCUT2D eigenvalue weighted by Gasteiger charge is -2.11. The number of carbonyl (C=O) groups excluding carboxylic acids is 1. The highest BCUT2D eigenvalue weighted by molar-refractivity contribution is 9.10. The number of ether oxygens (including phenoxy) is 1. The van der Waals surface area contributed by atoms with E-state index >= 15 is 0 Å². The van der Waals surface area contributed by atoms with Gasteiger partial charge in [-0.1, -0.05) is 15.9 Å². The van der Waals surface area contributed by atoms with Gasteiger partial charge in [0.25, 0.3) is 5.91 Å². The molecule has 0 aliphatic carbocycles. The third-order valence-electron chi connectivity index (χ3n) is 2.65. The van der Waals surface area contributed by atoms with Crippen molar-refractivity contribution in [1.82, 2.24) is 0 Å². The van der Waals surface area contributed by atoms with E-state index in [1.165, 1.54) is 7.11 Å². The van der Waals surface area contributed by atoms with Gasteiger partial charge in [0.1, 0.15) is 5.75 Å². The molecular weight excluding hydrogens is 388 g/mol. The van der Waals surface area contributed by atoms with E-state index in [1.807, 2.05) is 6.07 Å². The van der Waals surface area contributed by atoms with E-state index in [4.69, 9.17) is 10.5 Å². The molecule has 2 aromatic rings. The average Bonchev–Trinajstić information content (AvgIpc) is 2.41. The number of rotatable bonds is 3. The molecule has 104 valence electrons. The number of halogens is 2. The minimum Gasteiger partial charge on any atom is -0.496 e. The fourth-order valence-electron chi connectivity index (χ4n) is 1.68. The van der Waals surface area contributed by atoms with Gasteiger partial charge in [-0.15, -0.1) is 0 Å². The quantitative estimate of drug-likeness (QED) is 0.765. The minimum absolute atomic E-state index is 0.256. The van der Waals surface area contributed by atoms with Crippen molar-refractivity contribution >= 4 is 49.1 Å². The summed E-state index contributed by atoms with van der Waals surface area (Å²) in [5.74, 6) is 0.255. The Balaban J connectivity index is 2.30. The van der Waals surface area contributed by atoms with E-state index in [9.17, 15) is 4.79 Å². The monoisotopic (exact) mass is 398 g/mol. The zero-order valence-corrected chi connectivity index (χ0v) is 13.8. The normalized spacial score (nSPS) is 10.2. The van der Waals surface area contributed by atoms with E-state index in [0.29, 0.717) is 22.7 Å². The van der Waals surface area contributed by atoms with E-state index in [2.05, 4.69) is 37.2 Å². The number of methoxy groups -OCH3 is 1. The first-order valence-corrected chi connectivity index (χ1v) is 7.30. The summed E-state index contributed by atoms with van der Waals surface area (Å²) in [5.41, 5.74) is 7.38. The third kappa shape index (κ3) is 3.32. The summed E-state index contributed by atoms with van der Waals surface area (Å²) in [5, 5.41) is 2.81. The van der Waals surface area contributed by atoms with E-state index in [1.54, 1.807) is 30.3 Å². The molecule has 3 N–H and O–H groups in total. The highest BCUT2D eigenvalue weighted by Crippen LogP contribution is 2.27. The van der Waals surface area contributed by atoms with Crippen LogP contribution in [-0.4, -0.2) is 13.0 Å². The zero-order valence-electron chi connectivity index (χ0n) is 10.6. The Bertz CT molecular complexity index is 660. The highest BCUT2D eigenvalue weighted by Gasteiger charge is 2.14. The number of hydrogen-bond acceptors (Lipinski definition) is 3. The predicted octanol–water partition coefficient (Wildman–Crippen LogP) is 4.05. The molecule has 0 saturated carbocycles. The Morgan fingerprint density at radius 1 is 1.20 bits per heavy atom. The van der Waals surface area contributed by atoms with Crippen LogP contribution in [0.5, 0.6) is 5.75 Å². The van der Waals surface area contributed by atoms with Crippen molar-refractivity contribution in [3.8, 4) is 5.75 Å². The Hall–Kier alpha value is -1.53. The summed E-state index contributed by atoms with van der Waals surface area (Å²) in [7, 11) is 1.53. The van der Waals surface area contributed by atoms with Crippen molar-refractivity contribution < 1.29 is 9.53 Å². The molecule has 0 bridgehead atoms. The van der Waals surface area contributed by atoms with Crippen molar-refractivity contribution in [3.63, 3.8) is 0 Å². The summed E-state index contributed by atoms with van der Waals surface area (Å²) in [6.07, 6.45) is 0. The number of anilines is 2. The second kappa shape index (κ2) is 6.28.